The van der Waals surface area contributed by atoms with Gasteiger partial charge in [-0.2, -0.15) is 4.98 Å². The van der Waals surface area contributed by atoms with Gasteiger partial charge >= 0.3 is 6.01 Å². The van der Waals surface area contributed by atoms with Gasteiger partial charge < -0.3 is 8.83 Å². The number of furan rings is 1. The molecule has 1 aliphatic rings. The zero-order valence-corrected chi connectivity index (χ0v) is 25.3. The summed E-state index contributed by atoms with van der Waals surface area (Å²) in [5, 5.41) is 9.34. The van der Waals surface area contributed by atoms with Crippen LogP contribution in [-0.2, 0) is 6.42 Å². The Kier molecular flexibility index (Phi) is 4.92. The van der Waals surface area contributed by atoms with Crippen LogP contribution >= 0.6 is 0 Å². The third kappa shape index (κ3) is 3.50. The van der Waals surface area contributed by atoms with E-state index in [0.29, 0.717) is 6.01 Å². The molecule has 0 N–H and O–H groups in total. The summed E-state index contributed by atoms with van der Waals surface area (Å²) in [6, 6.07) is 45.7. The summed E-state index contributed by atoms with van der Waals surface area (Å²) in [6.07, 6.45) is 4.26. The van der Waals surface area contributed by atoms with Gasteiger partial charge in [0, 0.05) is 21.7 Å². The minimum atomic E-state index is 0.555. The number of fused-ring (bicyclic) bond motifs is 12. The Morgan fingerprint density at radius 1 is 0.553 bits per heavy atom. The molecule has 4 nitrogen and oxygen atoms in total. The van der Waals surface area contributed by atoms with E-state index in [4.69, 9.17) is 13.8 Å². The molecule has 0 spiro atoms. The number of aryl methyl sites for hydroxylation is 1. The lowest BCUT2D eigenvalue weighted by Gasteiger charge is -2.19. The Balaban J connectivity index is 1.22. The molecular formula is C43H26N2O2. The summed E-state index contributed by atoms with van der Waals surface area (Å²) >= 11 is 0. The molecule has 0 amide bonds. The topological polar surface area (TPSA) is 44.1 Å². The van der Waals surface area contributed by atoms with E-state index in [0.717, 1.165) is 62.5 Å². The molecule has 0 saturated heterocycles. The first-order chi connectivity index (χ1) is 23.3. The van der Waals surface area contributed by atoms with Crippen LogP contribution in [-0.4, -0.2) is 9.55 Å². The molecule has 1 aliphatic carbocycles. The first-order valence-electron chi connectivity index (χ1n) is 16.2. The first kappa shape index (κ1) is 25.1. The Bertz CT molecular complexity index is 2970. The summed E-state index contributed by atoms with van der Waals surface area (Å²) in [4.78, 5) is 5.27. The van der Waals surface area contributed by atoms with Crippen molar-refractivity contribution in [3.63, 3.8) is 0 Å². The van der Waals surface area contributed by atoms with Crippen molar-refractivity contribution in [1.29, 1.82) is 0 Å². The predicted octanol–water partition coefficient (Wildman–Crippen LogP) is 11.6. The molecule has 10 aromatic rings. The van der Waals surface area contributed by atoms with Crippen molar-refractivity contribution >= 4 is 88.0 Å². The number of hydrogen-bond donors (Lipinski definition) is 0. The standard InChI is InChI=1S/C43H26N2O2/c1-2-11-28-23-37-35(21-27(28)10-1)31-13-5-7-15-36(31)45(37)43-44-41-39(47-43)24-34(42-40(41)32-14-6-8-16-38(32)46-42)29-20-19-26-18-17-25-9-3-4-12-30(25)33(26)22-29/h1-18,21-24H,19-20H2. The Hall–Kier alpha value is -6.13. The fourth-order valence-electron chi connectivity index (χ4n) is 7.92. The SMILES string of the molecule is C1=C(c2cc3oc(-n4c5ccccc5c5cc6ccccc6cc54)nc3c3c2oc2ccccc23)CCc2ccc3ccccc3c21. The molecule has 0 unspecified atom stereocenters. The number of rotatable bonds is 2. The van der Waals surface area contributed by atoms with E-state index in [2.05, 4.69) is 126 Å². The Labute approximate surface area is 268 Å². The smallest absolute Gasteiger partial charge is 0.307 e. The van der Waals surface area contributed by atoms with E-state index in [9.17, 15) is 0 Å². The van der Waals surface area contributed by atoms with Crippen molar-refractivity contribution in [2.45, 2.75) is 12.8 Å². The monoisotopic (exact) mass is 602 g/mol. The maximum atomic E-state index is 6.82. The van der Waals surface area contributed by atoms with Gasteiger partial charge in [0.2, 0.25) is 0 Å². The fraction of sp³-hybridized carbons (Fsp3) is 0.0465. The van der Waals surface area contributed by atoms with Crippen LogP contribution in [0.2, 0.25) is 0 Å². The molecule has 7 aromatic carbocycles. The molecule has 47 heavy (non-hydrogen) atoms. The van der Waals surface area contributed by atoms with Crippen molar-refractivity contribution in [2.75, 3.05) is 0 Å². The van der Waals surface area contributed by atoms with Gasteiger partial charge in [0.15, 0.2) is 5.58 Å². The van der Waals surface area contributed by atoms with Crippen LogP contribution in [0.25, 0.3) is 94.1 Å². The van der Waals surface area contributed by atoms with Crippen LogP contribution in [0.3, 0.4) is 0 Å². The summed E-state index contributed by atoms with van der Waals surface area (Å²) in [6.45, 7) is 0. The van der Waals surface area contributed by atoms with Crippen molar-refractivity contribution in [1.82, 2.24) is 9.55 Å². The van der Waals surface area contributed by atoms with Crippen molar-refractivity contribution < 1.29 is 8.83 Å². The van der Waals surface area contributed by atoms with Gasteiger partial charge in [0.05, 0.1) is 16.4 Å². The van der Waals surface area contributed by atoms with E-state index in [1.807, 2.05) is 12.1 Å². The van der Waals surface area contributed by atoms with Crippen molar-refractivity contribution in [2.24, 2.45) is 0 Å². The molecule has 0 fully saturated rings. The third-order valence-corrected chi connectivity index (χ3v) is 10.1. The number of oxazole rings is 1. The largest absolute Gasteiger partial charge is 0.455 e. The van der Waals surface area contributed by atoms with Crippen molar-refractivity contribution in [3.05, 3.63) is 144 Å². The number of nitrogens with zero attached hydrogens (tertiary/aromatic N) is 2. The van der Waals surface area contributed by atoms with Gasteiger partial charge in [-0.15, -0.1) is 0 Å². The number of allylic oxidation sites excluding steroid dienone is 1. The van der Waals surface area contributed by atoms with Gasteiger partial charge in [-0.3, -0.25) is 4.57 Å². The van der Waals surface area contributed by atoms with Crippen LogP contribution < -0.4 is 0 Å². The molecule has 3 heterocycles. The van der Waals surface area contributed by atoms with E-state index in [-0.39, 0.29) is 0 Å². The fourth-order valence-corrected chi connectivity index (χ4v) is 7.92. The highest BCUT2D eigenvalue weighted by Crippen LogP contribution is 2.44. The molecule has 0 atom stereocenters. The second kappa shape index (κ2) is 9.21. The average molecular weight is 603 g/mol. The zero-order valence-electron chi connectivity index (χ0n) is 25.3. The van der Waals surface area contributed by atoms with E-state index in [1.54, 1.807) is 0 Å². The van der Waals surface area contributed by atoms with Gasteiger partial charge in [-0.05, 0) is 81.4 Å². The lowest BCUT2D eigenvalue weighted by molar-refractivity contribution is 0.574. The molecule has 3 aromatic heterocycles. The Morgan fingerprint density at radius 3 is 2.19 bits per heavy atom. The minimum absolute atomic E-state index is 0.555. The Morgan fingerprint density at radius 2 is 1.30 bits per heavy atom. The maximum absolute atomic E-state index is 6.82. The van der Waals surface area contributed by atoms with Crippen LogP contribution in [0.15, 0.2) is 136 Å². The molecule has 0 radical (unpaired) electrons. The predicted molar refractivity (Wildman–Crippen MR) is 193 cm³/mol. The van der Waals surface area contributed by atoms with Gasteiger partial charge in [-0.1, -0.05) is 103 Å². The number of benzene rings is 7. The second-order valence-electron chi connectivity index (χ2n) is 12.7. The highest BCUT2D eigenvalue weighted by molar-refractivity contribution is 6.20. The van der Waals surface area contributed by atoms with Crippen LogP contribution in [0.1, 0.15) is 23.1 Å². The van der Waals surface area contributed by atoms with E-state index >= 15 is 0 Å². The average Bonchev–Trinajstić information content (AvgIpc) is 3.81. The number of hydrogen-bond acceptors (Lipinski definition) is 3. The van der Waals surface area contributed by atoms with E-state index < -0.39 is 0 Å². The number of para-hydroxylation sites is 2. The molecule has 0 aliphatic heterocycles. The molecule has 4 heteroatoms. The third-order valence-electron chi connectivity index (χ3n) is 10.1. The van der Waals surface area contributed by atoms with Crippen LogP contribution in [0.5, 0.6) is 0 Å². The summed E-state index contributed by atoms with van der Waals surface area (Å²) < 4.78 is 15.7. The molecule has 0 saturated carbocycles. The summed E-state index contributed by atoms with van der Waals surface area (Å²) in [5.74, 6) is 0. The van der Waals surface area contributed by atoms with E-state index in [1.165, 1.54) is 49.0 Å². The van der Waals surface area contributed by atoms with Gasteiger partial charge in [0.25, 0.3) is 0 Å². The van der Waals surface area contributed by atoms with Gasteiger partial charge in [-0.25, -0.2) is 0 Å². The highest BCUT2D eigenvalue weighted by Gasteiger charge is 2.25. The number of aromatic nitrogens is 2. The highest BCUT2D eigenvalue weighted by atomic mass is 16.4. The zero-order chi connectivity index (χ0) is 30.6. The molecule has 11 rings (SSSR count). The maximum Gasteiger partial charge on any atom is 0.307 e. The van der Waals surface area contributed by atoms with Crippen LogP contribution in [0.4, 0.5) is 0 Å². The molecular weight excluding hydrogens is 576 g/mol. The van der Waals surface area contributed by atoms with Gasteiger partial charge in [0.1, 0.15) is 16.7 Å². The quantitative estimate of drug-likeness (QED) is 0.198. The first-order valence-corrected chi connectivity index (χ1v) is 16.2. The summed E-state index contributed by atoms with van der Waals surface area (Å²) in [5.41, 5.74) is 10.4. The minimum Gasteiger partial charge on any atom is -0.455 e. The lowest BCUT2D eigenvalue weighted by atomic mass is 9.85. The molecule has 0 bridgehead atoms. The summed E-state index contributed by atoms with van der Waals surface area (Å²) in [7, 11) is 0. The van der Waals surface area contributed by atoms with Crippen molar-refractivity contribution in [3.8, 4) is 6.01 Å². The second-order valence-corrected chi connectivity index (χ2v) is 12.7. The lowest BCUT2D eigenvalue weighted by Crippen LogP contribution is -2.00. The normalized spacial score (nSPS) is 13.5. The molecule has 220 valence electrons. The van der Waals surface area contributed by atoms with Crippen LogP contribution in [0, 0.1) is 0 Å².